The summed E-state index contributed by atoms with van der Waals surface area (Å²) in [4.78, 5) is 3.86. The molecule has 0 spiro atoms. The van der Waals surface area contributed by atoms with Gasteiger partial charge in [-0.3, -0.25) is 0 Å². The predicted molar refractivity (Wildman–Crippen MR) is 40.8 cm³/mol. The van der Waals surface area contributed by atoms with E-state index in [0.717, 1.165) is 0 Å². The van der Waals surface area contributed by atoms with Crippen LogP contribution in [0.3, 0.4) is 0 Å². The molecule has 3 heteroatoms. The van der Waals surface area contributed by atoms with Crippen LogP contribution in [0.5, 0.6) is 0 Å². The first kappa shape index (κ1) is 4.96. The first-order chi connectivity index (χ1) is 3.39. The summed E-state index contributed by atoms with van der Waals surface area (Å²) in [7, 11) is 0. The van der Waals surface area contributed by atoms with Gasteiger partial charge in [-0.2, -0.15) is 0 Å². The lowest BCUT2D eigenvalue weighted by molar-refractivity contribution is 1.66. The number of halogens is 1. The smallest absolute Gasteiger partial charge is 0.124 e. The summed E-state index contributed by atoms with van der Waals surface area (Å²) in [6.07, 6.45) is 1.85. The molecule has 0 bridgehead atoms. The Morgan fingerprint density at radius 3 is 2.86 bits per heavy atom. The van der Waals surface area contributed by atoms with Crippen molar-refractivity contribution in [2.24, 2.45) is 10.7 Å². The van der Waals surface area contributed by atoms with Crippen molar-refractivity contribution in [2.45, 2.75) is 0 Å². The first-order valence-corrected chi connectivity index (χ1v) is 4.32. The van der Waals surface area contributed by atoms with Gasteiger partial charge in [0.1, 0.15) is 5.84 Å². The van der Waals surface area contributed by atoms with Crippen molar-refractivity contribution in [3.05, 3.63) is 10.2 Å². The molecule has 0 unspecified atom stereocenters. The quantitative estimate of drug-likeness (QED) is 0.581. The molecule has 0 aliphatic carbocycles. The van der Waals surface area contributed by atoms with Gasteiger partial charge in [-0.25, -0.2) is 4.99 Å². The highest BCUT2D eigenvalue weighted by atomic mass is 127. The highest BCUT2D eigenvalue weighted by Gasteiger charge is 1.81. The third-order valence-corrected chi connectivity index (χ3v) is 1.94. The average Bonchev–Trinajstić information content (AvgIpc) is 1.69. The number of nitrogens with two attached hydrogens (primary N) is 1. The van der Waals surface area contributed by atoms with Gasteiger partial charge in [-0.15, -0.1) is 0 Å². The number of nitrogens with zero attached hydrogens (tertiary/aromatic N) is 1. The Hall–Kier alpha value is -0.190. The third-order valence-electron chi connectivity index (χ3n) is 0.561. The van der Waals surface area contributed by atoms with Crippen LogP contribution in [0, 0.1) is 0 Å². The Balaban J connectivity index is 2.82. The predicted octanol–water partition coefficient (Wildman–Crippen LogP) is 0.601. The van der Waals surface area contributed by atoms with E-state index in [4.69, 9.17) is 5.73 Å². The van der Waals surface area contributed by atoms with Gasteiger partial charge >= 0.3 is 0 Å². The SMILES string of the molecule is NC1=NC=IC=C1. The summed E-state index contributed by atoms with van der Waals surface area (Å²) in [5.41, 5.74) is 5.28. The Kier molecular flexibility index (Phi) is 1.56. The zero-order valence-electron chi connectivity index (χ0n) is 3.63. The minimum Gasteiger partial charge on any atom is -0.384 e. The molecule has 2 nitrogen and oxygen atoms in total. The Morgan fingerprint density at radius 1 is 1.71 bits per heavy atom. The number of hydrogen-bond donors (Lipinski definition) is 1. The molecule has 0 saturated carbocycles. The van der Waals surface area contributed by atoms with E-state index in [1.54, 1.807) is 0 Å². The molecular formula is C4H5IN2. The summed E-state index contributed by atoms with van der Waals surface area (Å²) in [6.45, 7) is 0. The molecule has 2 N–H and O–H groups in total. The zero-order valence-corrected chi connectivity index (χ0v) is 5.79. The van der Waals surface area contributed by atoms with Crippen LogP contribution in [0.15, 0.2) is 15.2 Å². The molecule has 0 atom stereocenters. The van der Waals surface area contributed by atoms with Crippen LogP contribution in [0.4, 0.5) is 0 Å². The first-order valence-electron chi connectivity index (χ1n) is 1.83. The molecule has 0 aromatic heterocycles. The lowest BCUT2D eigenvalue weighted by atomic mass is 10.6. The van der Waals surface area contributed by atoms with Crippen molar-refractivity contribution >= 4 is 30.7 Å². The van der Waals surface area contributed by atoms with Crippen LogP contribution < -0.4 is 5.73 Å². The molecule has 0 fully saturated rings. The number of hydrogen-bond acceptors (Lipinski definition) is 2. The van der Waals surface area contributed by atoms with Gasteiger partial charge in [0.05, 0.1) is 4.14 Å². The van der Waals surface area contributed by atoms with Crippen LogP contribution in [-0.4, -0.2) is 9.97 Å². The minimum absolute atomic E-state index is 0.114. The molecule has 1 heterocycles. The Morgan fingerprint density at radius 2 is 2.57 bits per heavy atom. The molecule has 1 aliphatic heterocycles. The normalized spacial score (nSPS) is 18.0. The monoisotopic (exact) mass is 208 g/mol. The molecule has 0 aromatic carbocycles. The van der Waals surface area contributed by atoms with Gasteiger partial charge in [-0.1, -0.05) is 20.7 Å². The van der Waals surface area contributed by atoms with Gasteiger partial charge < -0.3 is 5.73 Å². The van der Waals surface area contributed by atoms with Gasteiger partial charge in [0.15, 0.2) is 0 Å². The second kappa shape index (κ2) is 2.20. The summed E-state index contributed by atoms with van der Waals surface area (Å²) >= 11 is 0.114. The summed E-state index contributed by atoms with van der Waals surface area (Å²) < 4.78 is 3.98. The maximum Gasteiger partial charge on any atom is 0.124 e. The maximum absolute atomic E-state index is 5.28. The fourth-order valence-electron chi connectivity index (χ4n) is 0.261. The molecular weight excluding hydrogens is 203 g/mol. The van der Waals surface area contributed by atoms with Crippen LogP contribution in [0.25, 0.3) is 0 Å². The van der Waals surface area contributed by atoms with E-state index < -0.39 is 0 Å². The second-order valence-electron chi connectivity index (χ2n) is 1.07. The highest BCUT2D eigenvalue weighted by Crippen LogP contribution is 2.00. The van der Waals surface area contributed by atoms with Crippen molar-refractivity contribution < 1.29 is 0 Å². The molecule has 0 aromatic rings. The summed E-state index contributed by atoms with van der Waals surface area (Å²) in [5.74, 6) is 0.631. The Labute approximate surface area is 51.9 Å². The highest BCUT2D eigenvalue weighted by molar-refractivity contribution is 14.2. The number of rotatable bonds is 0. The molecule has 0 saturated heterocycles. The lowest BCUT2D eigenvalue weighted by Gasteiger charge is -1.88. The zero-order chi connectivity index (χ0) is 5.11. The van der Waals surface area contributed by atoms with E-state index >= 15 is 0 Å². The Bertz CT molecular complexity index is 146. The van der Waals surface area contributed by atoms with Crippen molar-refractivity contribution in [1.82, 2.24) is 0 Å². The van der Waals surface area contributed by atoms with Crippen molar-refractivity contribution in [3.8, 4) is 0 Å². The van der Waals surface area contributed by atoms with Crippen molar-refractivity contribution in [3.63, 3.8) is 0 Å². The fraction of sp³-hybridized carbons (Fsp3) is 0. The summed E-state index contributed by atoms with van der Waals surface area (Å²) in [6, 6.07) is 0. The molecule has 0 radical (unpaired) electrons. The number of aliphatic imine (C=N–C) groups is 1. The van der Waals surface area contributed by atoms with Gasteiger partial charge in [0.25, 0.3) is 0 Å². The van der Waals surface area contributed by atoms with Crippen LogP contribution in [0.2, 0.25) is 0 Å². The van der Waals surface area contributed by atoms with E-state index in [1.165, 1.54) is 0 Å². The van der Waals surface area contributed by atoms with Gasteiger partial charge in [0, 0.05) is 0 Å². The largest absolute Gasteiger partial charge is 0.384 e. The minimum atomic E-state index is 0.114. The summed E-state index contributed by atoms with van der Waals surface area (Å²) in [5, 5.41) is 0. The van der Waals surface area contributed by atoms with E-state index in [1.807, 2.05) is 10.2 Å². The molecule has 1 aliphatic rings. The van der Waals surface area contributed by atoms with Crippen molar-refractivity contribution in [2.75, 3.05) is 0 Å². The average molecular weight is 208 g/mol. The third kappa shape index (κ3) is 1.38. The standard InChI is InChI=1S/C4H5IN2/c6-4-1-2-5-3-7-4/h1-3H,(H2,6,7). The molecule has 0 amide bonds. The second-order valence-corrected chi connectivity index (χ2v) is 3.07. The maximum atomic E-state index is 5.28. The van der Waals surface area contributed by atoms with Crippen LogP contribution >= 0.6 is 20.7 Å². The van der Waals surface area contributed by atoms with E-state index in [-0.39, 0.29) is 20.7 Å². The molecule has 1 rings (SSSR count). The molecule has 7 heavy (non-hydrogen) atoms. The van der Waals surface area contributed by atoms with Gasteiger partial charge in [-0.05, 0) is 10.2 Å². The van der Waals surface area contributed by atoms with E-state index in [0.29, 0.717) is 5.84 Å². The lowest BCUT2D eigenvalue weighted by Crippen LogP contribution is -2.07. The van der Waals surface area contributed by atoms with Crippen LogP contribution in [0.1, 0.15) is 0 Å². The van der Waals surface area contributed by atoms with E-state index in [2.05, 4.69) is 9.08 Å². The van der Waals surface area contributed by atoms with Gasteiger partial charge in [0.2, 0.25) is 0 Å². The number of amidine groups is 1. The molecule has 38 valence electrons. The van der Waals surface area contributed by atoms with Crippen molar-refractivity contribution in [1.29, 1.82) is 0 Å². The topological polar surface area (TPSA) is 38.4 Å². The fourth-order valence-corrected chi connectivity index (χ4v) is 1.51. The van der Waals surface area contributed by atoms with E-state index in [9.17, 15) is 0 Å². The van der Waals surface area contributed by atoms with Crippen LogP contribution in [-0.2, 0) is 0 Å².